The minimum Gasteiger partial charge on any atom is -0.493 e. The zero-order valence-electron chi connectivity index (χ0n) is 19.0. The number of carbonyl (C=O) groups is 1. The Labute approximate surface area is 207 Å². The minimum absolute atomic E-state index is 0.184. The van der Waals surface area contributed by atoms with Crippen LogP contribution in [0.1, 0.15) is 16.7 Å². The van der Waals surface area contributed by atoms with Crippen LogP contribution in [0.25, 0.3) is 12.2 Å². The smallest absolute Gasteiger partial charge is 0.336 e. The summed E-state index contributed by atoms with van der Waals surface area (Å²) in [7, 11) is 2.94. The molecule has 3 rings (SSSR count). The molecule has 0 fully saturated rings. The van der Waals surface area contributed by atoms with Crippen LogP contribution in [0, 0.1) is 10.1 Å². The number of nitrogens with zero attached hydrogens (tertiary/aromatic N) is 1. The number of methoxy groups -OCH3 is 2. The summed E-state index contributed by atoms with van der Waals surface area (Å²) in [5.41, 5.74) is 2.18. The molecule has 8 nitrogen and oxygen atoms in total. The van der Waals surface area contributed by atoms with E-state index in [4.69, 9.17) is 30.5 Å². The molecule has 0 spiro atoms. The highest BCUT2D eigenvalue weighted by Gasteiger charge is 2.10. The first-order chi connectivity index (χ1) is 16.9. The molecule has 0 saturated carbocycles. The number of hydrogen-bond donors (Lipinski definition) is 0. The van der Waals surface area contributed by atoms with Gasteiger partial charge in [0, 0.05) is 17.2 Å². The molecule has 0 aromatic heterocycles. The average molecular weight is 496 g/mol. The highest BCUT2D eigenvalue weighted by molar-refractivity contribution is 6.30. The molecule has 3 aromatic rings. The lowest BCUT2D eigenvalue weighted by Crippen LogP contribution is -2.05. The second-order valence-corrected chi connectivity index (χ2v) is 7.53. The van der Waals surface area contributed by atoms with Crippen LogP contribution in [0.5, 0.6) is 23.0 Å². The van der Waals surface area contributed by atoms with Crippen molar-refractivity contribution >= 4 is 29.7 Å². The second kappa shape index (κ2) is 12.2. The summed E-state index contributed by atoms with van der Waals surface area (Å²) in [6, 6.07) is 17.2. The van der Waals surface area contributed by atoms with Gasteiger partial charge in [0.25, 0.3) is 0 Å². The normalized spacial score (nSPS) is 10.9. The van der Waals surface area contributed by atoms with Crippen molar-refractivity contribution in [3.05, 3.63) is 105 Å². The van der Waals surface area contributed by atoms with E-state index in [2.05, 4.69) is 0 Å². The predicted octanol–water partition coefficient (Wildman–Crippen LogP) is 5.80. The van der Waals surface area contributed by atoms with E-state index in [-0.39, 0.29) is 11.5 Å². The van der Waals surface area contributed by atoms with Crippen LogP contribution in [-0.4, -0.2) is 25.1 Å². The highest BCUT2D eigenvalue weighted by atomic mass is 35.5. The second-order valence-electron chi connectivity index (χ2n) is 7.09. The Morgan fingerprint density at radius 1 is 0.886 bits per heavy atom. The van der Waals surface area contributed by atoms with Crippen LogP contribution in [-0.2, 0) is 11.4 Å². The van der Waals surface area contributed by atoms with Crippen LogP contribution < -0.4 is 18.9 Å². The third-order valence-corrected chi connectivity index (χ3v) is 4.95. The van der Waals surface area contributed by atoms with Crippen molar-refractivity contribution in [3.8, 4) is 23.0 Å². The summed E-state index contributed by atoms with van der Waals surface area (Å²) in [4.78, 5) is 22.2. The maximum atomic E-state index is 12.3. The van der Waals surface area contributed by atoms with E-state index in [0.29, 0.717) is 34.3 Å². The standard InChI is InChI=1S/C26H22ClNO7/c1-32-24-15-18(5-10-22(24)34-17-20-3-8-21(27)9-4-20)7-12-26(29)35-23-11-6-19(13-14-28(30)31)16-25(23)33-2/h3-16H,17H2,1-2H3/b12-7+,14-13+. The molecule has 3 aromatic carbocycles. The number of carbonyl (C=O) groups excluding carboxylic acids is 1. The van der Waals surface area contributed by atoms with Crippen molar-refractivity contribution in [2.24, 2.45) is 0 Å². The van der Waals surface area contributed by atoms with Gasteiger partial charge in [-0.25, -0.2) is 4.79 Å². The molecule has 0 N–H and O–H groups in total. The Bertz CT molecular complexity index is 1250. The summed E-state index contributed by atoms with van der Waals surface area (Å²) in [5.74, 6) is 0.886. The maximum absolute atomic E-state index is 12.3. The van der Waals surface area contributed by atoms with E-state index >= 15 is 0 Å². The lowest BCUT2D eigenvalue weighted by atomic mass is 10.2. The SMILES string of the molecule is COc1cc(/C=C/C(=O)Oc2ccc(/C=C/[N+](=O)[O-])cc2OC)ccc1OCc1ccc(Cl)cc1. The van der Waals surface area contributed by atoms with E-state index in [1.165, 1.54) is 38.5 Å². The van der Waals surface area contributed by atoms with E-state index in [9.17, 15) is 14.9 Å². The third-order valence-electron chi connectivity index (χ3n) is 4.69. The summed E-state index contributed by atoms with van der Waals surface area (Å²) in [6.07, 6.45) is 4.97. The molecule has 0 unspecified atom stereocenters. The molecule has 0 heterocycles. The highest BCUT2D eigenvalue weighted by Crippen LogP contribution is 2.30. The number of rotatable bonds is 10. The van der Waals surface area contributed by atoms with Crippen LogP contribution in [0.2, 0.25) is 5.02 Å². The van der Waals surface area contributed by atoms with E-state index < -0.39 is 10.9 Å². The first-order valence-electron chi connectivity index (χ1n) is 10.3. The van der Waals surface area contributed by atoms with Crippen molar-refractivity contribution < 1.29 is 28.7 Å². The van der Waals surface area contributed by atoms with Gasteiger partial charge in [-0.3, -0.25) is 10.1 Å². The van der Waals surface area contributed by atoms with Gasteiger partial charge in [0.15, 0.2) is 23.0 Å². The molecular formula is C26H22ClNO7. The van der Waals surface area contributed by atoms with Gasteiger partial charge in [-0.1, -0.05) is 35.9 Å². The van der Waals surface area contributed by atoms with Gasteiger partial charge in [0.2, 0.25) is 6.20 Å². The molecule has 0 atom stereocenters. The molecule has 0 amide bonds. The number of ether oxygens (including phenoxy) is 4. The van der Waals surface area contributed by atoms with Gasteiger partial charge in [-0.05, 0) is 59.2 Å². The van der Waals surface area contributed by atoms with Gasteiger partial charge >= 0.3 is 5.97 Å². The lowest BCUT2D eigenvalue weighted by Gasteiger charge is -2.11. The molecule has 180 valence electrons. The Morgan fingerprint density at radius 2 is 1.49 bits per heavy atom. The molecule has 0 saturated heterocycles. The molecule has 0 aliphatic rings. The molecule has 0 aliphatic carbocycles. The average Bonchev–Trinajstić information content (AvgIpc) is 2.86. The molecule has 9 heteroatoms. The summed E-state index contributed by atoms with van der Waals surface area (Å²) in [6.45, 7) is 0.345. The van der Waals surface area contributed by atoms with Crippen LogP contribution >= 0.6 is 11.6 Å². The Balaban J connectivity index is 1.65. The maximum Gasteiger partial charge on any atom is 0.336 e. The van der Waals surface area contributed by atoms with Crippen molar-refractivity contribution in [1.82, 2.24) is 0 Å². The predicted molar refractivity (Wildman–Crippen MR) is 132 cm³/mol. The summed E-state index contributed by atoms with van der Waals surface area (Å²) in [5, 5.41) is 11.1. The summed E-state index contributed by atoms with van der Waals surface area (Å²) >= 11 is 5.90. The van der Waals surface area contributed by atoms with Crippen molar-refractivity contribution in [2.45, 2.75) is 6.61 Å². The summed E-state index contributed by atoms with van der Waals surface area (Å²) < 4.78 is 21.8. The van der Waals surface area contributed by atoms with Crippen molar-refractivity contribution in [1.29, 1.82) is 0 Å². The minimum atomic E-state index is -0.626. The fourth-order valence-corrected chi connectivity index (χ4v) is 3.10. The number of benzene rings is 3. The first-order valence-corrected chi connectivity index (χ1v) is 10.7. The van der Waals surface area contributed by atoms with Gasteiger partial charge < -0.3 is 18.9 Å². The molecule has 0 bridgehead atoms. The Hall–Kier alpha value is -4.30. The fourth-order valence-electron chi connectivity index (χ4n) is 2.97. The van der Waals surface area contributed by atoms with Crippen molar-refractivity contribution in [2.75, 3.05) is 14.2 Å². The monoisotopic (exact) mass is 495 g/mol. The molecule has 0 aliphatic heterocycles. The van der Waals surface area contributed by atoms with Crippen LogP contribution in [0.15, 0.2) is 72.9 Å². The zero-order valence-corrected chi connectivity index (χ0v) is 19.7. The Morgan fingerprint density at radius 3 is 2.11 bits per heavy atom. The quantitative estimate of drug-likeness (QED) is 0.115. The van der Waals surface area contributed by atoms with E-state index in [1.807, 2.05) is 12.1 Å². The van der Waals surface area contributed by atoms with Crippen LogP contribution in [0.3, 0.4) is 0 Å². The molecule has 0 radical (unpaired) electrons. The topological polar surface area (TPSA) is 97.1 Å². The van der Waals surface area contributed by atoms with Gasteiger partial charge in [0.05, 0.1) is 19.1 Å². The first kappa shape index (κ1) is 25.3. The van der Waals surface area contributed by atoms with Gasteiger partial charge in [-0.2, -0.15) is 0 Å². The Kier molecular flexibility index (Phi) is 8.86. The largest absolute Gasteiger partial charge is 0.493 e. The van der Waals surface area contributed by atoms with Crippen LogP contribution in [0.4, 0.5) is 0 Å². The van der Waals surface area contributed by atoms with Crippen molar-refractivity contribution in [3.63, 3.8) is 0 Å². The number of esters is 1. The number of halogens is 1. The molecule has 35 heavy (non-hydrogen) atoms. The van der Waals surface area contributed by atoms with Gasteiger partial charge in [0.1, 0.15) is 6.61 Å². The van der Waals surface area contributed by atoms with Gasteiger partial charge in [-0.15, -0.1) is 0 Å². The molecular weight excluding hydrogens is 474 g/mol. The van der Waals surface area contributed by atoms with E-state index in [0.717, 1.165) is 11.8 Å². The fraction of sp³-hybridized carbons (Fsp3) is 0.115. The third kappa shape index (κ3) is 7.62. The number of hydrogen-bond acceptors (Lipinski definition) is 7. The number of nitro groups is 1. The van der Waals surface area contributed by atoms with E-state index in [1.54, 1.807) is 42.5 Å². The lowest BCUT2D eigenvalue weighted by molar-refractivity contribution is -0.400. The zero-order chi connectivity index (χ0) is 25.2.